The maximum Gasteiger partial charge on any atom is 0.0361 e. The van der Waals surface area contributed by atoms with Gasteiger partial charge in [0.2, 0.25) is 0 Å². The van der Waals surface area contributed by atoms with Gasteiger partial charge in [-0.3, -0.25) is 0 Å². The van der Waals surface area contributed by atoms with Gasteiger partial charge >= 0.3 is 0 Å². The summed E-state index contributed by atoms with van der Waals surface area (Å²) >= 11 is 3.49. The third-order valence-corrected chi connectivity index (χ3v) is 3.44. The molecule has 1 aliphatic rings. The monoisotopic (exact) mass is 256 g/mol. The summed E-state index contributed by atoms with van der Waals surface area (Å²) in [6, 6.07) is 2.94. The zero-order chi connectivity index (χ0) is 9.97. The first-order valence-electron chi connectivity index (χ1n) is 5.30. The van der Waals surface area contributed by atoms with Crippen LogP contribution in [0, 0.1) is 0 Å². The second kappa shape index (κ2) is 4.49. The first kappa shape index (κ1) is 10.2. The lowest BCUT2D eigenvalue weighted by Gasteiger charge is -2.11. The molecule has 0 saturated heterocycles. The van der Waals surface area contributed by atoms with E-state index in [1.807, 2.05) is 0 Å². The van der Waals surface area contributed by atoms with E-state index in [0.717, 1.165) is 12.6 Å². The van der Waals surface area contributed by atoms with Crippen LogP contribution in [-0.2, 0) is 13.6 Å². The van der Waals surface area contributed by atoms with E-state index < -0.39 is 0 Å². The van der Waals surface area contributed by atoms with Crippen LogP contribution in [0.15, 0.2) is 16.7 Å². The normalized spacial score (nSPS) is 17.9. The highest BCUT2D eigenvalue weighted by atomic mass is 79.9. The largest absolute Gasteiger partial charge is 0.352 e. The van der Waals surface area contributed by atoms with Gasteiger partial charge in [0.05, 0.1) is 0 Å². The molecule has 0 unspecified atom stereocenters. The van der Waals surface area contributed by atoms with Gasteiger partial charge in [0, 0.05) is 36.0 Å². The molecule has 1 aromatic rings. The average Bonchev–Trinajstić information content (AvgIpc) is 2.72. The predicted molar refractivity (Wildman–Crippen MR) is 62.2 cm³/mol. The van der Waals surface area contributed by atoms with Crippen molar-refractivity contribution in [3.8, 4) is 0 Å². The Morgan fingerprint density at radius 1 is 1.50 bits per heavy atom. The highest BCUT2D eigenvalue weighted by Crippen LogP contribution is 2.19. The molecule has 0 amide bonds. The zero-order valence-corrected chi connectivity index (χ0v) is 10.2. The summed E-state index contributed by atoms with van der Waals surface area (Å²) in [5.41, 5.74) is 1.35. The smallest absolute Gasteiger partial charge is 0.0361 e. The Balaban J connectivity index is 1.87. The summed E-state index contributed by atoms with van der Waals surface area (Å²) in [4.78, 5) is 0. The van der Waals surface area contributed by atoms with Gasteiger partial charge in [-0.25, -0.2) is 0 Å². The van der Waals surface area contributed by atoms with Crippen molar-refractivity contribution in [3.05, 3.63) is 22.4 Å². The van der Waals surface area contributed by atoms with Crippen LogP contribution in [0.1, 0.15) is 31.4 Å². The molecule has 0 spiro atoms. The Hall–Kier alpha value is -0.280. The van der Waals surface area contributed by atoms with E-state index in [1.165, 1.54) is 35.8 Å². The SMILES string of the molecule is Cn1cc(Br)cc1CNC1CCCC1. The summed E-state index contributed by atoms with van der Waals surface area (Å²) in [6.07, 6.45) is 7.60. The number of hydrogen-bond donors (Lipinski definition) is 1. The Labute approximate surface area is 93.8 Å². The molecule has 1 aromatic heterocycles. The molecule has 0 aromatic carbocycles. The van der Waals surface area contributed by atoms with E-state index in [1.54, 1.807) is 0 Å². The first-order chi connectivity index (χ1) is 6.75. The van der Waals surface area contributed by atoms with Gasteiger partial charge < -0.3 is 9.88 Å². The van der Waals surface area contributed by atoms with E-state index in [2.05, 4.69) is 45.1 Å². The van der Waals surface area contributed by atoms with Crippen molar-refractivity contribution in [2.45, 2.75) is 38.3 Å². The molecule has 0 aliphatic heterocycles. The Bertz CT molecular complexity index is 300. The topological polar surface area (TPSA) is 17.0 Å². The van der Waals surface area contributed by atoms with Gasteiger partial charge in [-0.05, 0) is 34.8 Å². The van der Waals surface area contributed by atoms with Crippen LogP contribution in [-0.4, -0.2) is 10.6 Å². The van der Waals surface area contributed by atoms with Crippen LogP contribution in [0.5, 0.6) is 0 Å². The van der Waals surface area contributed by atoms with E-state index in [9.17, 15) is 0 Å². The van der Waals surface area contributed by atoms with Gasteiger partial charge in [0.25, 0.3) is 0 Å². The van der Waals surface area contributed by atoms with Crippen molar-refractivity contribution < 1.29 is 0 Å². The van der Waals surface area contributed by atoms with Gasteiger partial charge in [-0.1, -0.05) is 12.8 Å². The van der Waals surface area contributed by atoms with Gasteiger partial charge in [-0.2, -0.15) is 0 Å². The van der Waals surface area contributed by atoms with Crippen molar-refractivity contribution in [1.29, 1.82) is 0 Å². The Morgan fingerprint density at radius 3 is 2.79 bits per heavy atom. The lowest BCUT2D eigenvalue weighted by Crippen LogP contribution is -2.26. The van der Waals surface area contributed by atoms with Crippen LogP contribution in [0.25, 0.3) is 0 Å². The molecule has 0 bridgehead atoms. The Morgan fingerprint density at radius 2 is 2.21 bits per heavy atom. The quantitative estimate of drug-likeness (QED) is 0.881. The van der Waals surface area contributed by atoms with Crippen molar-refractivity contribution in [2.24, 2.45) is 7.05 Å². The zero-order valence-electron chi connectivity index (χ0n) is 8.59. The highest BCUT2D eigenvalue weighted by Gasteiger charge is 2.14. The summed E-state index contributed by atoms with van der Waals surface area (Å²) in [5, 5.41) is 3.61. The number of halogens is 1. The number of nitrogens with one attached hydrogen (secondary N) is 1. The molecule has 1 fully saturated rings. The summed E-state index contributed by atoms with van der Waals surface area (Å²) < 4.78 is 3.34. The van der Waals surface area contributed by atoms with Crippen LogP contribution in [0.2, 0.25) is 0 Å². The second-order valence-electron chi connectivity index (χ2n) is 4.12. The maximum absolute atomic E-state index is 3.61. The predicted octanol–water partition coefficient (Wildman–Crippen LogP) is 2.82. The van der Waals surface area contributed by atoms with Crippen LogP contribution in [0.4, 0.5) is 0 Å². The second-order valence-corrected chi connectivity index (χ2v) is 5.04. The fraction of sp³-hybridized carbons (Fsp3) is 0.636. The molecule has 2 nitrogen and oxygen atoms in total. The Kier molecular flexibility index (Phi) is 3.29. The number of aromatic nitrogens is 1. The van der Waals surface area contributed by atoms with Crippen molar-refractivity contribution in [1.82, 2.24) is 9.88 Å². The van der Waals surface area contributed by atoms with Crippen LogP contribution >= 0.6 is 15.9 Å². The van der Waals surface area contributed by atoms with Crippen molar-refractivity contribution >= 4 is 15.9 Å². The molecule has 1 saturated carbocycles. The highest BCUT2D eigenvalue weighted by molar-refractivity contribution is 9.10. The lowest BCUT2D eigenvalue weighted by atomic mass is 10.2. The van der Waals surface area contributed by atoms with E-state index in [0.29, 0.717) is 0 Å². The van der Waals surface area contributed by atoms with E-state index >= 15 is 0 Å². The molecular weight excluding hydrogens is 240 g/mol. The van der Waals surface area contributed by atoms with E-state index in [-0.39, 0.29) is 0 Å². The van der Waals surface area contributed by atoms with Gasteiger partial charge in [-0.15, -0.1) is 0 Å². The third-order valence-electron chi connectivity index (χ3n) is 3.00. The lowest BCUT2D eigenvalue weighted by molar-refractivity contribution is 0.513. The molecule has 14 heavy (non-hydrogen) atoms. The maximum atomic E-state index is 3.61. The number of hydrogen-bond acceptors (Lipinski definition) is 1. The summed E-state index contributed by atoms with van der Waals surface area (Å²) in [6.45, 7) is 0.993. The number of rotatable bonds is 3. The molecule has 1 N–H and O–H groups in total. The first-order valence-corrected chi connectivity index (χ1v) is 6.09. The summed E-state index contributed by atoms with van der Waals surface area (Å²) in [5.74, 6) is 0. The van der Waals surface area contributed by atoms with Gasteiger partial charge in [0.1, 0.15) is 0 Å². The minimum atomic E-state index is 0.753. The average molecular weight is 257 g/mol. The molecular formula is C11H17BrN2. The van der Waals surface area contributed by atoms with Crippen LogP contribution < -0.4 is 5.32 Å². The molecule has 3 heteroatoms. The minimum absolute atomic E-state index is 0.753. The molecule has 0 radical (unpaired) electrons. The molecule has 2 rings (SSSR count). The van der Waals surface area contributed by atoms with Crippen molar-refractivity contribution in [2.75, 3.05) is 0 Å². The number of nitrogens with zero attached hydrogens (tertiary/aromatic N) is 1. The summed E-state index contributed by atoms with van der Waals surface area (Å²) in [7, 11) is 2.09. The van der Waals surface area contributed by atoms with E-state index in [4.69, 9.17) is 0 Å². The van der Waals surface area contributed by atoms with Crippen LogP contribution in [0.3, 0.4) is 0 Å². The van der Waals surface area contributed by atoms with Gasteiger partial charge in [0.15, 0.2) is 0 Å². The molecule has 1 heterocycles. The minimum Gasteiger partial charge on any atom is -0.352 e. The van der Waals surface area contributed by atoms with Crippen molar-refractivity contribution in [3.63, 3.8) is 0 Å². The fourth-order valence-electron chi connectivity index (χ4n) is 2.12. The standard InChI is InChI=1S/C11H17BrN2/c1-14-8-9(12)6-11(14)7-13-10-4-2-3-5-10/h6,8,10,13H,2-5,7H2,1H3. The third kappa shape index (κ3) is 2.39. The molecule has 0 atom stereocenters. The number of aryl methyl sites for hydroxylation is 1. The fourth-order valence-corrected chi connectivity index (χ4v) is 2.69. The molecule has 78 valence electrons. The molecule has 1 aliphatic carbocycles.